The SMILES string of the molecule is NC(=O)C(C=O)CO. The number of amides is 1. The van der Waals surface area contributed by atoms with Crippen LogP contribution in [0, 0.1) is 5.92 Å². The third-order valence-electron chi connectivity index (χ3n) is 0.726. The lowest BCUT2D eigenvalue weighted by atomic mass is 10.2. The second-order valence-corrected chi connectivity index (χ2v) is 1.33. The Morgan fingerprint density at radius 3 is 2.38 bits per heavy atom. The number of carbonyl (C=O) groups excluding carboxylic acids is 2. The molecule has 0 aromatic heterocycles. The first kappa shape index (κ1) is 7.10. The van der Waals surface area contributed by atoms with Gasteiger partial charge in [-0.25, -0.2) is 0 Å². The number of aliphatic hydroxyl groups is 1. The molecule has 3 N–H and O–H groups in total. The molecule has 0 spiro atoms. The fourth-order valence-corrected chi connectivity index (χ4v) is 0.200. The minimum Gasteiger partial charge on any atom is -0.395 e. The zero-order valence-electron chi connectivity index (χ0n) is 4.20. The van der Waals surface area contributed by atoms with E-state index in [1.54, 1.807) is 0 Å². The maximum atomic E-state index is 9.99. The lowest BCUT2D eigenvalue weighted by molar-refractivity contribution is -0.127. The topological polar surface area (TPSA) is 80.4 Å². The van der Waals surface area contributed by atoms with Crippen LogP contribution in [0.3, 0.4) is 0 Å². The van der Waals surface area contributed by atoms with Gasteiger partial charge in [-0.15, -0.1) is 0 Å². The molecule has 1 unspecified atom stereocenters. The highest BCUT2D eigenvalue weighted by Gasteiger charge is 2.10. The lowest BCUT2D eigenvalue weighted by Crippen LogP contribution is -2.27. The molecular formula is C4H7NO3. The normalized spacial score (nSPS) is 12.6. The molecule has 0 aromatic rings. The largest absolute Gasteiger partial charge is 0.395 e. The van der Waals surface area contributed by atoms with E-state index in [0.29, 0.717) is 6.29 Å². The van der Waals surface area contributed by atoms with Crippen LogP contribution in [0.1, 0.15) is 0 Å². The predicted molar refractivity (Wildman–Crippen MR) is 25.8 cm³/mol. The van der Waals surface area contributed by atoms with Gasteiger partial charge in [-0.2, -0.15) is 0 Å². The first-order chi connectivity index (χ1) is 3.72. The quantitative estimate of drug-likeness (QED) is 0.341. The Labute approximate surface area is 46.3 Å². The molecule has 4 heteroatoms. The van der Waals surface area contributed by atoms with Gasteiger partial charge in [-0.05, 0) is 0 Å². The van der Waals surface area contributed by atoms with Gasteiger partial charge in [0.25, 0.3) is 0 Å². The summed E-state index contributed by atoms with van der Waals surface area (Å²) in [5.41, 5.74) is 4.63. The first-order valence-corrected chi connectivity index (χ1v) is 2.07. The van der Waals surface area contributed by atoms with Crippen molar-refractivity contribution in [2.75, 3.05) is 6.61 Å². The van der Waals surface area contributed by atoms with Gasteiger partial charge < -0.3 is 15.6 Å². The average Bonchev–Trinajstić information content (AvgIpc) is 1.69. The third-order valence-corrected chi connectivity index (χ3v) is 0.726. The molecular weight excluding hydrogens is 110 g/mol. The van der Waals surface area contributed by atoms with Crippen molar-refractivity contribution < 1.29 is 14.7 Å². The summed E-state index contributed by atoms with van der Waals surface area (Å²) in [6.45, 7) is -0.501. The maximum Gasteiger partial charge on any atom is 0.230 e. The molecule has 0 radical (unpaired) electrons. The molecule has 4 nitrogen and oxygen atoms in total. The maximum absolute atomic E-state index is 9.99. The standard InChI is InChI=1S/C4H7NO3/c5-4(8)3(1-6)2-7/h1,3,7H,2H2,(H2,5,8). The van der Waals surface area contributed by atoms with E-state index in [1.165, 1.54) is 0 Å². The third kappa shape index (κ3) is 1.70. The lowest BCUT2D eigenvalue weighted by Gasteiger charge is -1.96. The number of aliphatic hydroxyl groups excluding tert-OH is 1. The number of nitrogens with two attached hydrogens (primary N) is 1. The van der Waals surface area contributed by atoms with Gasteiger partial charge in [-0.1, -0.05) is 0 Å². The zero-order chi connectivity index (χ0) is 6.57. The summed E-state index contributed by atoms with van der Waals surface area (Å²) < 4.78 is 0. The molecule has 1 atom stereocenters. The Kier molecular flexibility index (Phi) is 2.79. The van der Waals surface area contributed by atoms with Crippen molar-refractivity contribution in [2.24, 2.45) is 11.7 Å². The fourth-order valence-electron chi connectivity index (χ4n) is 0.200. The van der Waals surface area contributed by atoms with Gasteiger partial charge in [-0.3, -0.25) is 4.79 Å². The van der Waals surface area contributed by atoms with Gasteiger partial charge in [0.1, 0.15) is 12.2 Å². The zero-order valence-corrected chi connectivity index (χ0v) is 4.20. The van der Waals surface area contributed by atoms with E-state index in [0.717, 1.165) is 0 Å². The summed E-state index contributed by atoms with van der Waals surface area (Å²) in [4.78, 5) is 19.7. The van der Waals surface area contributed by atoms with E-state index >= 15 is 0 Å². The van der Waals surface area contributed by atoms with Crippen LogP contribution in [0.25, 0.3) is 0 Å². The highest BCUT2D eigenvalue weighted by atomic mass is 16.3. The first-order valence-electron chi connectivity index (χ1n) is 2.07. The van der Waals surface area contributed by atoms with Crippen molar-refractivity contribution in [3.05, 3.63) is 0 Å². The average molecular weight is 117 g/mol. The molecule has 8 heavy (non-hydrogen) atoms. The van der Waals surface area contributed by atoms with E-state index < -0.39 is 18.4 Å². The Hall–Kier alpha value is -0.900. The van der Waals surface area contributed by atoms with Crippen LogP contribution in [0.2, 0.25) is 0 Å². The number of carbonyl (C=O) groups is 2. The van der Waals surface area contributed by atoms with E-state index in [1.807, 2.05) is 0 Å². The number of aldehydes is 1. The van der Waals surface area contributed by atoms with Gasteiger partial charge in [0, 0.05) is 0 Å². The van der Waals surface area contributed by atoms with Crippen LogP contribution >= 0.6 is 0 Å². The molecule has 0 saturated carbocycles. The summed E-state index contributed by atoms with van der Waals surface area (Å²) in [5, 5.41) is 8.16. The second kappa shape index (κ2) is 3.15. The van der Waals surface area contributed by atoms with E-state index in [4.69, 9.17) is 5.11 Å². The van der Waals surface area contributed by atoms with Crippen molar-refractivity contribution in [3.63, 3.8) is 0 Å². The Balaban J connectivity index is 3.69. The summed E-state index contributed by atoms with van der Waals surface area (Å²) in [6, 6.07) is 0. The molecule has 0 aliphatic carbocycles. The summed E-state index contributed by atoms with van der Waals surface area (Å²) in [6.07, 6.45) is 0.322. The Morgan fingerprint density at radius 1 is 1.88 bits per heavy atom. The highest BCUT2D eigenvalue weighted by Crippen LogP contribution is 1.84. The predicted octanol–water partition coefficient (Wildman–Crippen LogP) is -1.72. The van der Waals surface area contributed by atoms with Gasteiger partial charge in [0.2, 0.25) is 5.91 Å². The summed E-state index contributed by atoms with van der Waals surface area (Å²) in [7, 11) is 0. The van der Waals surface area contributed by atoms with Crippen molar-refractivity contribution >= 4 is 12.2 Å². The van der Waals surface area contributed by atoms with Crippen LogP contribution in [0.5, 0.6) is 0 Å². The highest BCUT2D eigenvalue weighted by molar-refractivity contribution is 5.90. The Morgan fingerprint density at radius 2 is 2.38 bits per heavy atom. The van der Waals surface area contributed by atoms with Crippen LogP contribution < -0.4 is 5.73 Å². The van der Waals surface area contributed by atoms with Crippen molar-refractivity contribution in [1.29, 1.82) is 0 Å². The van der Waals surface area contributed by atoms with E-state index in [-0.39, 0.29) is 0 Å². The van der Waals surface area contributed by atoms with Gasteiger partial charge >= 0.3 is 0 Å². The number of primary amides is 1. The number of rotatable bonds is 3. The second-order valence-electron chi connectivity index (χ2n) is 1.33. The molecule has 0 aromatic carbocycles. The summed E-state index contributed by atoms with van der Waals surface area (Å²) in [5.74, 6) is -1.82. The minimum atomic E-state index is -1.03. The van der Waals surface area contributed by atoms with Crippen LogP contribution in [0.4, 0.5) is 0 Å². The molecule has 0 aliphatic heterocycles. The molecule has 0 saturated heterocycles. The smallest absolute Gasteiger partial charge is 0.230 e. The number of hydrogen-bond donors (Lipinski definition) is 2. The van der Waals surface area contributed by atoms with E-state index in [9.17, 15) is 9.59 Å². The molecule has 0 aliphatic rings. The molecule has 0 rings (SSSR count). The molecule has 0 heterocycles. The molecule has 46 valence electrons. The van der Waals surface area contributed by atoms with Crippen molar-refractivity contribution in [3.8, 4) is 0 Å². The van der Waals surface area contributed by atoms with Crippen LogP contribution in [0.15, 0.2) is 0 Å². The van der Waals surface area contributed by atoms with Gasteiger partial charge in [0.15, 0.2) is 0 Å². The summed E-state index contributed by atoms with van der Waals surface area (Å²) >= 11 is 0. The Bertz CT molecular complexity index is 101. The van der Waals surface area contributed by atoms with Crippen molar-refractivity contribution in [1.82, 2.24) is 0 Å². The molecule has 0 bridgehead atoms. The van der Waals surface area contributed by atoms with Crippen molar-refractivity contribution in [2.45, 2.75) is 0 Å². The minimum absolute atomic E-state index is 0.322. The fraction of sp³-hybridized carbons (Fsp3) is 0.500. The van der Waals surface area contributed by atoms with Gasteiger partial charge in [0.05, 0.1) is 6.61 Å². The van der Waals surface area contributed by atoms with Crippen LogP contribution in [-0.2, 0) is 9.59 Å². The van der Waals surface area contributed by atoms with E-state index in [2.05, 4.69) is 5.73 Å². The van der Waals surface area contributed by atoms with Crippen LogP contribution in [-0.4, -0.2) is 23.9 Å². The number of hydrogen-bond acceptors (Lipinski definition) is 3. The molecule has 1 amide bonds. The molecule has 0 fully saturated rings. The monoisotopic (exact) mass is 117 g/mol.